The highest BCUT2D eigenvalue weighted by Crippen LogP contribution is 2.27. The molecule has 2 heterocycles. The van der Waals surface area contributed by atoms with Crippen LogP contribution in [0.5, 0.6) is 0 Å². The van der Waals surface area contributed by atoms with Gasteiger partial charge in [-0.1, -0.05) is 17.8 Å². The first kappa shape index (κ1) is 12.1. The fraction of sp³-hybridized carbons (Fsp3) is 0.300. The molecular weight excluding hydrogens is 256 g/mol. The van der Waals surface area contributed by atoms with Crippen molar-refractivity contribution in [1.29, 1.82) is 0 Å². The Labute approximate surface area is 107 Å². The molecule has 1 atom stereocenters. The molecule has 1 amide bonds. The molecule has 0 saturated carbocycles. The average molecular weight is 268 g/mol. The quantitative estimate of drug-likeness (QED) is 0.853. The van der Waals surface area contributed by atoms with Gasteiger partial charge in [-0.05, 0) is 18.4 Å². The molecule has 1 unspecified atom stereocenters. The molecule has 0 bridgehead atoms. The highest BCUT2D eigenvalue weighted by molar-refractivity contribution is 8.00. The van der Waals surface area contributed by atoms with Crippen LogP contribution in [0.15, 0.2) is 22.7 Å². The van der Waals surface area contributed by atoms with Crippen molar-refractivity contribution in [1.82, 2.24) is 14.8 Å². The fourth-order valence-corrected chi connectivity index (χ4v) is 2.76. The SMILES string of the molecule is CC(Sc1nnc(-c2cccs2)n1C)C(N)=O. The van der Waals surface area contributed by atoms with E-state index in [9.17, 15) is 4.79 Å². The van der Waals surface area contributed by atoms with Crippen molar-refractivity contribution in [3.8, 4) is 10.7 Å². The standard InChI is InChI=1S/C10H12N4OS2/c1-6(8(11)15)17-10-13-12-9(14(10)2)7-4-3-5-16-7/h3-6H,1-2H3,(H2,11,15). The highest BCUT2D eigenvalue weighted by Gasteiger charge is 2.17. The minimum atomic E-state index is -0.351. The first-order chi connectivity index (χ1) is 8.09. The third-order valence-electron chi connectivity index (χ3n) is 2.26. The van der Waals surface area contributed by atoms with E-state index in [1.165, 1.54) is 11.8 Å². The number of carbonyl (C=O) groups excluding carboxylic acids is 1. The van der Waals surface area contributed by atoms with Gasteiger partial charge in [0.05, 0.1) is 10.1 Å². The summed E-state index contributed by atoms with van der Waals surface area (Å²) in [6.45, 7) is 1.76. The molecule has 0 aliphatic rings. The second kappa shape index (κ2) is 4.89. The first-order valence-corrected chi connectivity index (χ1v) is 6.74. The molecule has 0 aliphatic heterocycles. The number of primary amides is 1. The van der Waals surface area contributed by atoms with Gasteiger partial charge in [-0.25, -0.2) is 0 Å². The van der Waals surface area contributed by atoms with Crippen molar-refractivity contribution in [2.24, 2.45) is 12.8 Å². The molecule has 2 N–H and O–H groups in total. The number of nitrogens with zero attached hydrogens (tertiary/aromatic N) is 3. The molecule has 0 spiro atoms. The van der Waals surface area contributed by atoms with Gasteiger partial charge in [0.2, 0.25) is 5.91 Å². The monoisotopic (exact) mass is 268 g/mol. The number of aromatic nitrogens is 3. The lowest BCUT2D eigenvalue weighted by Crippen LogP contribution is -2.22. The normalized spacial score (nSPS) is 12.6. The van der Waals surface area contributed by atoms with Gasteiger partial charge >= 0.3 is 0 Å². The molecule has 17 heavy (non-hydrogen) atoms. The van der Waals surface area contributed by atoms with Crippen LogP contribution in [0.4, 0.5) is 0 Å². The van der Waals surface area contributed by atoms with Gasteiger partial charge in [0.25, 0.3) is 0 Å². The smallest absolute Gasteiger partial charge is 0.230 e. The lowest BCUT2D eigenvalue weighted by atomic mass is 10.4. The predicted octanol–water partition coefficient (Wildman–Crippen LogP) is 1.51. The minimum absolute atomic E-state index is 0.311. The number of rotatable bonds is 4. The lowest BCUT2D eigenvalue weighted by Gasteiger charge is -2.06. The second-order valence-corrected chi connectivity index (χ2v) is 5.76. The molecule has 2 aromatic rings. The van der Waals surface area contributed by atoms with Gasteiger partial charge < -0.3 is 10.3 Å². The number of amides is 1. The molecule has 7 heteroatoms. The number of thioether (sulfide) groups is 1. The summed E-state index contributed by atoms with van der Waals surface area (Å²) < 4.78 is 1.87. The summed E-state index contributed by atoms with van der Waals surface area (Å²) in [6.07, 6.45) is 0. The Hall–Kier alpha value is -1.34. The number of thiophene rings is 1. The summed E-state index contributed by atoms with van der Waals surface area (Å²) in [5.41, 5.74) is 5.22. The molecule has 5 nitrogen and oxygen atoms in total. The van der Waals surface area contributed by atoms with Crippen LogP contribution >= 0.6 is 23.1 Å². The largest absolute Gasteiger partial charge is 0.369 e. The summed E-state index contributed by atoms with van der Waals surface area (Å²) in [5, 5.41) is 10.6. The Morgan fingerprint density at radius 3 is 2.94 bits per heavy atom. The first-order valence-electron chi connectivity index (χ1n) is 4.99. The van der Waals surface area contributed by atoms with Crippen molar-refractivity contribution in [3.63, 3.8) is 0 Å². The molecule has 2 rings (SSSR count). The maximum Gasteiger partial charge on any atom is 0.230 e. The predicted molar refractivity (Wildman–Crippen MR) is 68.8 cm³/mol. The van der Waals surface area contributed by atoms with Gasteiger partial charge in [0, 0.05) is 7.05 Å². The molecular formula is C10H12N4OS2. The van der Waals surface area contributed by atoms with E-state index in [0.717, 1.165) is 10.7 Å². The fourth-order valence-electron chi connectivity index (χ4n) is 1.25. The van der Waals surface area contributed by atoms with E-state index in [0.29, 0.717) is 5.16 Å². The molecule has 0 fully saturated rings. The van der Waals surface area contributed by atoms with Gasteiger partial charge in [-0.15, -0.1) is 21.5 Å². The summed E-state index contributed by atoms with van der Waals surface area (Å²) in [5.74, 6) is 0.454. The number of nitrogens with two attached hydrogens (primary N) is 1. The Morgan fingerprint density at radius 2 is 2.35 bits per heavy atom. The Bertz CT molecular complexity index is 520. The highest BCUT2D eigenvalue weighted by atomic mass is 32.2. The van der Waals surface area contributed by atoms with Crippen LogP contribution in [0.3, 0.4) is 0 Å². The van der Waals surface area contributed by atoms with E-state index in [4.69, 9.17) is 5.73 Å². The summed E-state index contributed by atoms with van der Waals surface area (Å²) >= 11 is 2.92. The Kier molecular flexibility index (Phi) is 3.49. The Balaban J connectivity index is 2.24. The van der Waals surface area contributed by atoms with Gasteiger partial charge in [0.1, 0.15) is 0 Å². The van der Waals surface area contributed by atoms with Crippen molar-refractivity contribution in [2.75, 3.05) is 0 Å². The van der Waals surface area contributed by atoms with Crippen LogP contribution in [0.2, 0.25) is 0 Å². The van der Waals surface area contributed by atoms with E-state index < -0.39 is 0 Å². The van der Waals surface area contributed by atoms with E-state index in [1.54, 1.807) is 18.3 Å². The van der Waals surface area contributed by atoms with Crippen LogP contribution in [0.1, 0.15) is 6.92 Å². The van der Waals surface area contributed by atoms with Crippen LogP contribution in [-0.2, 0) is 11.8 Å². The Morgan fingerprint density at radius 1 is 1.59 bits per heavy atom. The van der Waals surface area contributed by atoms with Crippen molar-refractivity contribution < 1.29 is 4.79 Å². The lowest BCUT2D eigenvalue weighted by molar-refractivity contribution is -0.117. The zero-order chi connectivity index (χ0) is 12.4. The van der Waals surface area contributed by atoms with E-state index in [1.807, 2.05) is 29.1 Å². The molecule has 0 aliphatic carbocycles. The number of carbonyl (C=O) groups is 1. The number of hydrogen-bond acceptors (Lipinski definition) is 5. The topological polar surface area (TPSA) is 73.8 Å². The van der Waals surface area contributed by atoms with Crippen LogP contribution in [0.25, 0.3) is 10.7 Å². The van der Waals surface area contributed by atoms with Gasteiger partial charge in [0.15, 0.2) is 11.0 Å². The molecule has 90 valence electrons. The van der Waals surface area contributed by atoms with Crippen molar-refractivity contribution >= 4 is 29.0 Å². The second-order valence-electron chi connectivity index (χ2n) is 3.50. The van der Waals surface area contributed by atoms with E-state index in [2.05, 4.69) is 10.2 Å². The van der Waals surface area contributed by atoms with Crippen LogP contribution < -0.4 is 5.73 Å². The van der Waals surface area contributed by atoms with Gasteiger partial charge in [-0.2, -0.15) is 0 Å². The summed E-state index contributed by atoms with van der Waals surface area (Å²) in [7, 11) is 1.88. The maximum atomic E-state index is 11.0. The van der Waals surface area contributed by atoms with Gasteiger partial charge in [-0.3, -0.25) is 4.79 Å². The summed E-state index contributed by atoms with van der Waals surface area (Å²) in [6, 6.07) is 3.95. The molecule has 0 aromatic carbocycles. The van der Waals surface area contributed by atoms with E-state index >= 15 is 0 Å². The molecule has 0 radical (unpaired) electrons. The minimum Gasteiger partial charge on any atom is -0.369 e. The van der Waals surface area contributed by atoms with E-state index in [-0.39, 0.29) is 11.2 Å². The molecule has 2 aromatic heterocycles. The number of hydrogen-bond donors (Lipinski definition) is 1. The third kappa shape index (κ3) is 2.50. The molecule has 0 saturated heterocycles. The van der Waals surface area contributed by atoms with Crippen LogP contribution in [0, 0.1) is 0 Å². The summed E-state index contributed by atoms with van der Waals surface area (Å²) in [4.78, 5) is 12.1. The maximum absolute atomic E-state index is 11.0. The average Bonchev–Trinajstić information content (AvgIpc) is 2.89. The zero-order valence-corrected chi connectivity index (χ0v) is 11.1. The third-order valence-corrected chi connectivity index (χ3v) is 4.28. The van der Waals surface area contributed by atoms with Crippen molar-refractivity contribution in [2.45, 2.75) is 17.3 Å². The van der Waals surface area contributed by atoms with Crippen LogP contribution in [-0.4, -0.2) is 25.9 Å². The zero-order valence-electron chi connectivity index (χ0n) is 9.45. The van der Waals surface area contributed by atoms with Crippen molar-refractivity contribution in [3.05, 3.63) is 17.5 Å².